The first-order valence-electron chi connectivity index (χ1n) is 10.3. The number of benzene rings is 2. The van der Waals surface area contributed by atoms with Crippen LogP contribution < -0.4 is 10.6 Å². The van der Waals surface area contributed by atoms with Crippen LogP contribution in [-0.4, -0.2) is 33.6 Å². The molecule has 5 rings (SSSR count). The molecule has 0 unspecified atom stereocenters. The van der Waals surface area contributed by atoms with Crippen LogP contribution in [0, 0.1) is 0 Å². The van der Waals surface area contributed by atoms with Crippen LogP contribution in [0.2, 0.25) is 0 Å². The van der Waals surface area contributed by atoms with Crippen LogP contribution in [0.25, 0.3) is 11.0 Å². The molecule has 2 aliphatic carbocycles. The first kappa shape index (κ1) is 17.4. The zero-order valence-electron chi connectivity index (χ0n) is 16.0. The molecule has 2 atom stereocenters. The minimum absolute atomic E-state index is 0.129. The molecule has 0 radical (unpaired) electrons. The predicted octanol–water partition coefficient (Wildman–Crippen LogP) is 2.83. The van der Waals surface area contributed by atoms with Gasteiger partial charge in [0.2, 0.25) is 5.91 Å². The number of carbonyl (C=O) groups is 1. The molecule has 5 nitrogen and oxygen atoms in total. The van der Waals surface area contributed by atoms with E-state index in [0.29, 0.717) is 25.0 Å². The smallest absolute Gasteiger partial charge is 0.222 e. The highest BCUT2D eigenvalue weighted by Crippen LogP contribution is 2.26. The number of carbonyl (C=O) groups excluding carboxylic acids is 1. The van der Waals surface area contributed by atoms with Crippen LogP contribution in [0.1, 0.15) is 30.4 Å². The van der Waals surface area contributed by atoms with Gasteiger partial charge in [0.25, 0.3) is 0 Å². The molecule has 2 aliphatic rings. The Kier molecular flexibility index (Phi) is 4.61. The monoisotopic (exact) mass is 374 g/mol. The van der Waals surface area contributed by atoms with Crippen molar-refractivity contribution in [1.29, 1.82) is 0 Å². The molecule has 2 N–H and O–H groups in total. The van der Waals surface area contributed by atoms with Gasteiger partial charge in [0.1, 0.15) is 0 Å². The Balaban J connectivity index is 1.11. The van der Waals surface area contributed by atoms with Crippen molar-refractivity contribution >= 4 is 16.9 Å². The minimum Gasteiger partial charge on any atom is -0.352 e. The van der Waals surface area contributed by atoms with Gasteiger partial charge in [0.15, 0.2) is 0 Å². The molecule has 1 fully saturated rings. The number of nitrogens with one attached hydrogen (secondary N) is 2. The van der Waals surface area contributed by atoms with Crippen molar-refractivity contribution in [2.75, 3.05) is 0 Å². The maximum absolute atomic E-state index is 12.5. The first-order chi connectivity index (χ1) is 13.8. The lowest BCUT2D eigenvalue weighted by Gasteiger charge is -2.39. The lowest BCUT2D eigenvalue weighted by atomic mass is 9.85. The number of aromatic nitrogens is 2. The van der Waals surface area contributed by atoms with Gasteiger partial charge < -0.3 is 15.2 Å². The summed E-state index contributed by atoms with van der Waals surface area (Å²) in [5, 5.41) is 7.02. The van der Waals surface area contributed by atoms with Crippen LogP contribution >= 0.6 is 0 Å². The van der Waals surface area contributed by atoms with Crippen molar-refractivity contribution in [1.82, 2.24) is 20.2 Å². The van der Waals surface area contributed by atoms with E-state index in [-0.39, 0.29) is 11.9 Å². The van der Waals surface area contributed by atoms with Crippen molar-refractivity contribution < 1.29 is 4.79 Å². The number of hydrogen-bond acceptors (Lipinski definition) is 3. The van der Waals surface area contributed by atoms with Crippen molar-refractivity contribution in [2.24, 2.45) is 0 Å². The Morgan fingerprint density at radius 2 is 1.71 bits per heavy atom. The van der Waals surface area contributed by atoms with Crippen LogP contribution in [0.4, 0.5) is 0 Å². The predicted molar refractivity (Wildman–Crippen MR) is 110 cm³/mol. The molecule has 1 aromatic heterocycles. The molecule has 3 aromatic rings. The molecule has 0 aliphatic heterocycles. The van der Waals surface area contributed by atoms with E-state index in [0.717, 1.165) is 36.7 Å². The van der Waals surface area contributed by atoms with Gasteiger partial charge in [-0.15, -0.1) is 0 Å². The highest BCUT2D eigenvalue weighted by atomic mass is 16.1. The average molecular weight is 374 g/mol. The fourth-order valence-corrected chi connectivity index (χ4v) is 4.54. The summed E-state index contributed by atoms with van der Waals surface area (Å²) in [5.41, 5.74) is 4.99. The minimum atomic E-state index is 0.129. The van der Waals surface area contributed by atoms with E-state index in [9.17, 15) is 4.79 Å². The molecule has 1 heterocycles. The van der Waals surface area contributed by atoms with Crippen molar-refractivity contribution in [2.45, 2.75) is 56.8 Å². The van der Waals surface area contributed by atoms with Gasteiger partial charge in [-0.3, -0.25) is 4.79 Å². The van der Waals surface area contributed by atoms with Gasteiger partial charge in [0.05, 0.1) is 17.4 Å². The molecule has 0 saturated heterocycles. The number of nitrogens with zero attached hydrogens (tertiary/aromatic N) is 2. The van der Waals surface area contributed by atoms with E-state index in [1.54, 1.807) is 0 Å². The lowest BCUT2D eigenvalue weighted by Crippen LogP contribution is -2.59. The van der Waals surface area contributed by atoms with Crippen molar-refractivity contribution in [3.8, 4) is 0 Å². The van der Waals surface area contributed by atoms with E-state index in [1.807, 2.05) is 30.6 Å². The molecular formula is C23H26N4O. The molecular weight excluding hydrogens is 348 g/mol. The van der Waals surface area contributed by atoms with E-state index >= 15 is 0 Å². The molecule has 0 bridgehead atoms. The Bertz CT molecular complexity index is 970. The van der Waals surface area contributed by atoms with E-state index < -0.39 is 0 Å². The Morgan fingerprint density at radius 3 is 2.46 bits per heavy atom. The van der Waals surface area contributed by atoms with E-state index in [2.05, 4.69) is 44.5 Å². The fraction of sp³-hybridized carbons (Fsp3) is 0.391. The summed E-state index contributed by atoms with van der Waals surface area (Å²) < 4.78 is 2.06. The number of hydrogen-bond donors (Lipinski definition) is 2. The number of fused-ring (bicyclic) bond motifs is 2. The molecule has 5 heteroatoms. The Labute approximate surface area is 165 Å². The average Bonchev–Trinajstić information content (AvgIpc) is 3.31. The van der Waals surface area contributed by atoms with E-state index in [4.69, 9.17) is 0 Å². The van der Waals surface area contributed by atoms with Crippen LogP contribution in [0.15, 0.2) is 54.9 Å². The summed E-state index contributed by atoms with van der Waals surface area (Å²) in [7, 11) is 0. The second kappa shape index (κ2) is 7.40. The summed E-state index contributed by atoms with van der Waals surface area (Å²) in [4.78, 5) is 16.9. The molecule has 2 aromatic carbocycles. The van der Waals surface area contributed by atoms with E-state index in [1.165, 1.54) is 11.1 Å². The van der Waals surface area contributed by atoms with Crippen LogP contribution in [0.5, 0.6) is 0 Å². The Morgan fingerprint density at radius 1 is 1.00 bits per heavy atom. The molecule has 28 heavy (non-hydrogen) atoms. The zero-order valence-corrected chi connectivity index (χ0v) is 16.0. The number of aryl methyl sites for hydroxylation is 1. The topological polar surface area (TPSA) is 59.0 Å². The SMILES string of the molecule is O=C(CCn1cnc2ccccc21)N[C@H]1CC[C@H]1NC1Cc2ccccc2C1. The second-order valence-electron chi connectivity index (χ2n) is 8.08. The fourth-order valence-electron chi connectivity index (χ4n) is 4.54. The summed E-state index contributed by atoms with van der Waals surface area (Å²) in [6.45, 7) is 0.662. The number of amides is 1. The summed E-state index contributed by atoms with van der Waals surface area (Å²) in [6.07, 6.45) is 6.71. The second-order valence-corrected chi connectivity index (χ2v) is 8.08. The van der Waals surface area contributed by atoms with Gasteiger partial charge in [-0.1, -0.05) is 36.4 Å². The summed E-state index contributed by atoms with van der Waals surface area (Å²) in [6, 6.07) is 17.9. The summed E-state index contributed by atoms with van der Waals surface area (Å²) >= 11 is 0. The standard InChI is InChI=1S/C23H26N4O/c28-23(11-12-27-15-24-21-7-3-4-8-22(21)27)26-20-10-9-19(20)25-18-13-16-5-1-2-6-17(16)14-18/h1-8,15,18-20,25H,9-14H2,(H,26,28)/t19-,20+/m1/s1. The highest BCUT2D eigenvalue weighted by Gasteiger charge is 2.34. The third-order valence-corrected chi connectivity index (χ3v) is 6.23. The van der Waals surface area contributed by atoms with Crippen molar-refractivity contribution in [3.63, 3.8) is 0 Å². The van der Waals surface area contributed by atoms with Gasteiger partial charge >= 0.3 is 0 Å². The zero-order chi connectivity index (χ0) is 18.9. The molecule has 0 spiro atoms. The Hall–Kier alpha value is -2.66. The third kappa shape index (κ3) is 3.42. The molecule has 144 valence electrons. The van der Waals surface area contributed by atoms with Crippen LogP contribution in [-0.2, 0) is 24.2 Å². The first-order valence-corrected chi connectivity index (χ1v) is 10.3. The molecule has 1 saturated carbocycles. The lowest BCUT2D eigenvalue weighted by molar-refractivity contribution is -0.122. The van der Waals surface area contributed by atoms with Gasteiger partial charge in [-0.2, -0.15) is 0 Å². The maximum atomic E-state index is 12.5. The number of imidazole rings is 1. The van der Waals surface area contributed by atoms with Gasteiger partial charge in [-0.25, -0.2) is 4.98 Å². The number of rotatable bonds is 6. The largest absolute Gasteiger partial charge is 0.352 e. The highest BCUT2D eigenvalue weighted by molar-refractivity contribution is 5.77. The normalized spacial score (nSPS) is 21.4. The maximum Gasteiger partial charge on any atom is 0.222 e. The number of para-hydroxylation sites is 2. The third-order valence-electron chi connectivity index (χ3n) is 6.23. The van der Waals surface area contributed by atoms with Crippen LogP contribution in [0.3, 0.4) is 0 Å². The van der Waals surface area contributed by atoms with Gasteiger partial charge in [-0.05, 0) is 48.9 Å². The molecule has 1 amide bonds. The summed E-state index contributed by atoms with van der Waals surface area (Å²) in [5.74, 6) is 0.129. The van der Waals surface area contributed by atoms with Crippen molar-refractivity contribution in [3.05, 3.63) is 66.0 Å². The quantitative estimate of drug-likeness (QED) is 0.698. The van der Waals surface area contributed by atoms with Gasteiger partial charge in [0, 0.05) is 31.1 Å².